The van der Waals surface area contributed by atoms with E-state index in [4.69, 9.17) is 0 Å². The van der Waals surface area contributed by atoms with Crippen LogP contribution in [0.4, 0.5) is 21.9 Å². The molecule has 0 bridgehead atoms. The van der Waals surface area contributed by atoms with E-state index in [-0.39, 0.29) is 12.5 Å². The number of carbonyl (C=O) groups is 3. The summed E-state index contributed by atoms with van der Waals surface area (Å²) in [6.45, 7) is 0.786. The Morgan fingerprint density at radius 1 is 0.657 bits per heavy atom. The monoisotopic (exact) mass is 465 g/mol. The minimum atomic E-state index is -1.39. The van der Waals surface area contributed by atoms with Crippen molar-refractivity contribution in [3.63, 3.8) is 0 Å². The summed E-state index contributed by atoms with van der Waals surface area (Å²) in [5.41, 5.74) is 1.64. The number of barbiturate groups is 1. The van der Waals surface area contributed by atoms with Gasteiger partial charge in [-0.05, 0) is 55.2 Å². The Bertz CT molecular complexity index is 1230. The fourth-order valence-electron chi connectivity index (χ4n) is 6.08. The van der Waals surface area contributed by atoms with Crippen molar-refractivity contribution in [2.24, 2.45) is 5.41 Å². The minimum Gasteiger partial charge on any atom is -0.367 e. The van der Waals surface area contributed by atoms with E-state index < -0.39 is 23.3 Å². The number of nitrogens with zero attached hydrogens (tertiary/aromatic N) is 3. The molecule has 6 nitrogen and oxygen atoms in total. The SMILES string of the molecule is O=C1N(c2ccccc2)C(=O)C2(Cc3ccccc3N3CCCCCC32)C(=O)N1c1ccccc1. The first-order chi connectivity index (χ1) is 17.1. The molecule has 4 amide bonds. The molecule has 0 N–H and O–H groups in total. The van der Waals surface area contributed by atoms with Crippen molar-refractivity contribution in [2.75, 3.05) is 21.2 Å². The zero-order valence-electron chi connectivity index (χ0n) is 19.5. The molecule has 0 aliphatic carbocycles. The van der Waals surface area contributed by atoms with Crippen LogP contribution in [0.5, 0.6) is 0 Å². The van der Waals surface area contributed by atoms with Crippen LogP contribution in [0.3, 0.4) is 0 Å². The van der Waals surface area contributed by atoms with Crippen molar-refractivity contribution in [1.82, 2.24) is 0 Å². The van der Waals surface area contributed by atoms with Gasteiger partial charge in [0.25, 0.3) is 11.8 Å². The summed E-state index contributed by atoms with van der Waals surface area (Å²) in [5, 5.41) is 0. The molecule has 2 saturated heterocycles. The number of rotatable bonds is 2. The van der Waals surface area contributed by atoms with Crippen LogP contribution in [0.1, 0.15) is 31.2 Å². The second kappa shape index (κ2) is 8.38. The average molecular weight is 466 g/mol. The standard InChI is InChI=1S/C29H27N3O3/c33-26-29(20-21-12-9-10-17-24(21)30-19-11-3-8-18-25(29)30)27(34)32(23-15-6-2-7-16-23)28(35)31(26)22-13-4-1-5-14-22/h1-2,4-7,9-10,12-17,25H,3,8,11,18-20H2. The van der Waals surface area contributed by atoms with Gasteiger partial charge in [-0.1, -0.05) is 67.4 Å². The number of urea groups is 1. The molecule has 2 fully saturated rings. The number of anilines is 3. The molecule has 3 aliphatic rings. The van der Waals surface area contributed by atoms with Gasteiger partial charge in [0.1, 0.15) is 0 Å². The summed E-state index contributed by atoms with van der Waals surface area (Å²) in [5.74, 6) is -0.838. The molecule has 1 atom stereocenters. The van der Waals surface area contributed by atoms with E-state index >= 15 is 0 Å². The second-order valence-electron chi connectivity index (χ2n) is 9.57. The molecular formula is C29H27N3O3. The van der Waals surface area contributed by atoms with Gasteiger partial charge in [-0.3, -0.25) is 9.59 Å². The lowest BCUT2D eigenvalue weighted by Crippen LogP contribution is -2.73. The third-order valence-electron chi connectivity index (χ3n) is 7.67. The highest BCUT2D eigenvalue weighted by Crippen LogP contribution is 2.49. The predicted molar refractivity (Wildman–Crippen MR) is 135 cm³/mol. The quantitative estimate of drug-likeness (QED) is 0.490. The van der Waals surface area contributed by atoms with E-state index in [2.05, 4.69) is 11.0 Å². The van der Waals surface area contributed by atoms with E-state index in [1.54, 1.807) is 48.5 Å². The van der Waals surface area contributed by atoms with E-state index in [9.17, 15) is 14.4 Å². The predicted octanol–water partition coefficient (Wildman–Crippen LogP) is 5.18. The zero-order chi connectivity index (χ0) is 24.0. The van der Waals surface area contributed by atoms with Crippen LogP contribution in [0, 0.1) is 5.41 Å². The van der Waals surface area contributed by atoms with Crippen LogP contribution in [-0.4, -0.2) is 30.4 Å². The van der Waals surface area contributed by atoms with Crippen LogP contribution in [-0.2, 0) is 16.0 Å². The van der Waals surface area contributed by atoms with Gasteiger partial charge in [0, 0.05) is 12.2 Å². The molecule has 3 aromatic rings. The first-order valence-corrected chi connectivity index (χ1v) is 12.3. The molecule has 3 heterocycles. The van der Waals surface area contributed by atoms with Gasteiger partial charge in [0.15, 0.2) is 5.41 Å². The molecule has 6 rings (SSSR count). The maximum atomic E-state index is 14.5. The van der Waals surface area contributed by atoms with E-state index in [1.807, 2.05) is 30.3 Å². The van der Waals surface area contributed by atoms with Crippen molar-refractivity contribution in [3.8, 4) is 0 Å². The Kier molecular flexibility index (Phi) is 5.17. The van der Waals surface area contributed by atoms with Crippen LogP contribution in [0.25, 0.3) is 0 Å². The van der Waals surface area contributed by atoms with Crippen LogP contribution >= 0.6 is 0 Å². The van der Waals surface area contributed by atoms with Gasteiger partial charge in [-0.15, -0.1) is 0 Å². The average Bonchev–Trinajstić information content (AvgIpc) is 3.16. The van der Waals surface area contributed by atoms with Crippen LogP contribution in [0.15, 0.2) is 84.9 Å². The lowest BCUT2D eigenvalue weighted by molar-refractivity contribution is -0.143. The van der Waals surface area contributed by atoms with Gasteiger partial charge in [-0.25, -0.2) is 14.6 Å². The molecule has 1 unspecified atom stereocenters. The Morgan fingerprint density at radius 2 is 1.23 bits per heavy atom. The summed E-state index contributed by atoms with van der Waals surface area (Å²) in [6, 6.07) is 25.1. The summed E-state index contributed by atoms with van der Waals surface area (Å²) in [4.78, 5) is 47.6. The van der Waals surface area contributed by atoms with Gasteiger partial charge in [-0.2, -0.15) is 0 Å². The fourth-order valence-corrected chi connectivity index (χ4v) is 6.08. The minimum absolute atomic E-state index is 0.280. The highest BCUT2D eigenvalue weighted by Gasteiger charge is 2.64. The number of hydrogen-bond acceptors (Lipinski definition) is 4. The molecule has 1 spiro atoms. The summed E-state index contributed by atoms with van der Waals surface area (Å²) >= 11 is 0. The second-order valence-corrected chi connectivity index (χ2v) is 9.57. The number of carbonyl (C=O) groups excluding carboxylic acids is 3. The number of fused-ring (bicyclic) bond motifs is 4. The first-order valence-electron chi connectivity index (χ1n) is 12.3. The topological polar surface area (TPSA) is 60.9 Å². The molecule has 0 saturated carbocycles. The summed E-state index contributed by atoms with van der Waals surface area (Å²) < 4.78 is 0. The smallest absolute Gasteiger partial charge is 0.342 e. The Labute approximate surface area is 204 Å². The molecule has 35 heavy (non-hydrogen) atoms. The van der Waals surface area contributed by atoms with Gasteiger partial charge >= 0.3 is 6.03 Å². The molecule has 3 aliphatic heterocycles. The van der Waals surface area contributed by atoms with Gasteiger partial charge in [0.2, 0.25) is 0 Å². The van der Waals surface area contributed by atoms with Crippen molar-refractivity contribution in [2.45, 2.75) is 38.1 Å². The third kappa shape index (κ3) is 3.20. The highest BCUT2D eigenvalue weighted by molar-refractivity contribution is 6.39. The first kappa shape index (κ1) is 21.6. The largest absolute Gasteiger partial charge is 0.367 e. The third-order valence-corrected chi connectivity index (χ3v) is 7.67. The van der Waals surface area contributed by atoms with Crippen molar-refractivity contribution in [3.05, 3.63) is 90.5 Å². The van der Waals surface area contributed by atoms with E-state index in [1.165, 1.54) is 9.80 Å². The number of imide groups is 2. The Morgan fingerprint density at radius 3 is 1.86 bits per heavy atom. The maximum absolute atomic E-state index is 14.5. The normalized spacial score (nSPS) is 21.5. The van der Waals surface area contributed by atoms with E-state index in [0.29, 0.717) is 11.4 Å². The summed E-state index contributed by atoms with van der Waals surface area (Å²) in [7, 11) is 0. The van der Waals surface area contributed by atoms with Crippen molar-refractivity contribution < 1.29 is 14.4 Å². The molecule has 176 valence electrons. The fraction of sp³-hybridized carbons (Fsp3) is 0.276. The van der Waals surface area contributed by atoms with E-state index in [0.717, 1.165) is 43.5 Å². The molecule has 6 heteroatoms. The van der Waals surface area contributed by atoms with Crippen LogP contribution < -0.4 is 14.7 Å². The molecule has 0 radical (unpaired) electrons. The van der Waals surface area contributed by atoms with Gasteiger partial charge in [0.05, 0.1) is 17.4 Å². The van der Waals surface area contributed by atoms with Crippen molar-refractivity contribution >= 4 is 34.9 Å². The zero-order valence-corrected chi connectivity index (χ0v) is 19.5. The Balaban J connectivity index is 1.59. The molecule has 0 aromatic heterocycles. The maximum Gasteiger partial charge on any atom is 0.342 e. The molecular weight excluding hydrogens is 438 g/mol. The Hall–Kier alpha value is -3.93. The van der Waals surface area contributed by atoms with Crippen molar-refractivity contribution in [1.29, 1.82) is 0 Å². The van der Waals surface area contributed by atoms with Crippen LogP contribution in [0.2, 0.25) is 0 Å². The molecule has 3 aromatic carbocycles. The number of benzene rings is 3. The lowest BCUT2D eigenvalue weighted by atomic mass is 9.67. The number of amides is 4. The number of hydrogen-bond donors (Lipinski definition) is 0. The lowest BCUT2D eigenvalue weighted by Gasteiger charge is -2.53. The summed E-state index contributed by atoms with van der Waals surface area (Å²) in [6.07, 6.45) is 4.01. The van der Waals surface area contributed by atoms with Gasteiger partial charge < -0.3 is 4.90 Å². The highest BCUT2D eigenvalue weighted by atomic mass is 16.2. The number of para-hydroxylation sites is 3.